The predicted molar refractivity (Wildman–Crippen MR) is 98.5 cm³/mol. The first-order valence-corrected chi connectivity index (χ1v) is 8.39. The van der Waals surface area contributed by atoms with Gasteiger partial charge in [-0.25, -0.2) is 5.10 Å². The van der Waals surface area contributed by atoms with Gasteiger partial charge in [0.05, 0.1) is 11.4 Å². The molecule has 1 atom stereocenters. The number of rotatable bonds is 5. The summed E-state index contributed by atoms with van der Waals surface area (Å²) in [4.78, 5) is 24.7. The molecule has 1 amide bonds. The Morgan fingerprint density at radius 2 is 1.68 bits per heavy atom. The summed E-state index contributed by atoms with van der Waals surface area (Å²) in [5, 5.41) is 10.5. The molecule has 3 rings (SSSR count). The molecule has 0 saturated carbocycles. The molecule has 5 nitrogen and oxygen atoms in total. The van der Waals surface area contributed by atoms with E-state index in [1.54, 1.807) is 24.3 Å². The van der Waals surface area contributed by atoms with E-state index in [4.69, 9.17) is 0 Å². The number of H-pyrrole nitrogens is 1. The van der Waals surface area contributed by atoms with Gasteiger partial charge in [0.25, 0.3) is 11.5 Å². The molecule has 1 aromatic heterocycles. The van der Waals surface area contributed by atoms with Crippen molar-refractivity contribution < 1.29 is 4.79 Å². The lowest BCUT2D eigenvalue weighted by Crippen LogP contribution is -2.31. The van der Waals surface area contributed by atoms with Crippen molar-refractivity contribution in [1.29, 1.82) is 0 Å². The van der Waals surface area contributed by atoms with Crippen LogP contribution in [-0.4, -0.2) is 16.1 Å². The lowest BCUT2D eigenvalue weighted by Gasteiger charge is -2.21. The summed E-state index contributed by atoms with van der Waals surface area (Å²) >= 11 is 0. The van der Waals surface area contributed by atoms with Gasteiger partial charge >= 0.3 is 0 Å². The number of aromatic amines is 1. The van der Waals surface area contributed by atoms with Crippen LogP contribution in [0.15, 0.2) is 59.4 Å². The highest BCUT2D eigenvalue weighted by atomic mass is 16.2. The van der Waals surface area contributed by atoms with Gasteiger partial charge in [-0.05, 0) is 24.0 Å². The minimum Gasteiger partial charge on any atom is -0.344 e. The first-order chi connectivity index (χ1) is 12.1. The minimum absolute atomic E-state index is 0.110. The number of aromatic nitrogens is 2. The standard InChI is InChI=1S/C20H21N3O2/c1-13(2)12-17(14-8-4-3-5-9-14)21-20(25)18-15-10-6-7-11-16(15)19(24)23-22-18/h3-11,13,17H,12H2,1-2H3,(H,21,25)(H,23,24)/t17-/m1/s1. The highest BCUT2D eigenvalue weighted by Crippen LogP contribution is 2.22. The van der Waals surface area contributed by atoms with Crippen LogP contribution in [0.25, 0.3) is 10.8 Å². The van der Waals surface area contributed by atoms with E-state index in [1.807, 2.05) is 30.3 Å². The molecule has 0 fully saturated rings. The summed E-state index contributed by atoms with van der Waals surface area (Å²) in [6.45, 7) is 4.24. The number of amides is 1. The van der Waals surface area contributed by atoms with Gasteiger partial charge in [-0.2, -0.15) is 5.10 Å². The van der Waals surface area contributed by atoms with Crippen LogP contribution in [-0.2, 0) is 0 Å². The van der Waals surface area contributed by atoms with Gasteiger partial charge < -0.3 is 5.32 Å². The van der Waals surface area contributed by atoms with Gasteiger partial charge in [0.2, 0.25) is 0 Å². The quantitative estimate of drug-likeness (QED) is 0.750. The first-order valence-electron chi connectivity index (χ1n) is 8.39. The van der Waals surface area contributed by atoms with E-state index in [9.17, 15) is 9.59 Å². The van der Waals surface area contributed by atoms with Gasteiger partial charge in [0.1, 0.15) is 0 Å². The van der Waals surface area contributed by atoms with Crippen LogP contribution in [0.3, 0.4) is 0 Å². The summed E-state index contributed by atoms with van der Waals surface area (Å²) in [7, 11) is 0. The normalized spacial score (nSPS) is 12.3. The molecule has 0 unspecified atom stereocenters. The molecule has 128 valence electrons. The molecule has 0 saturated heterocycles. The maximum atomic E-state index is 12.8. The van der Waals surface area contributed by atoms with Gasteiger partial charge in [0.15, 0.2) is 5.69 Å². The molecule has 1 heterocycles. The average molecular weight is 335 g/mol. The predicted octanol–water partition coefficient (Wildman–Crippen LogP) is 3.44. The van der Waals surface area contributed by atoms with Crippen molar-refractivity contribution >= 4 is 16.7 Å². The van der Waals surface area contributed by atoms with E-state index >= 15 is 0 Å². The van der Waals surface area contributed by atoms with Crippen molar-refractivity contribution in [3.8, 4) is 0 Å². The van der Waals surface area contributed by atoms with Crippen LogP contribution in [0.4, 0.5) is 0 Å². The summed E-state index contributed by atoms with van der Waals surface area (Å²) in [6.07, 6.45) is 0.817. The molecule has 0 aliphatic carbocycles. The maximum absolute atomic E-state index is 12.8. The fourth-order valence-electron chi connectivity index (χ4n) is 2.95. The third-order valence-corrected chi connectivity index (χ3v) is 4.13. The zero-order valence-corrected chi connectivity index (χ0v) is 14.3. The zero-order chi connectivity index (χ0) is 17.8. The van der Waals surface area contributed by atoms with Crippen molar-refractivity contribution in [3.05, 3.63) is 76.2 Å². The fourth-order valence-corrected chi connectivity index (χ4v) is 2.95. The third-order valence-electron chi connectivity index (χ3n) is 4.13. The minimum atomic E-state index is -0.297. The number of nitrogens with zero attached hydrogens (tertiary/aromatic N) is 1. The number of carbonyl (C=O) groups excluding carboxylic acids is 1. The number of fused-ring (bicyclic) bond motifs is 1. The number of hydrogen-bond acceptors (Lipinski definition) is 3. The Morgan fingerprint density at radius 3 is 2.36 bits per heavy atom. The van der Waals surface area contributed by atoms with Gasteiger partial charge in [-0.15, -0.1) is 0 Å². The Bertz CT molecular complexity index is 932. The van der Waals surface area contributed by atoms with E-state index in [2.05, 4.69) is 29.4 Å². The van der Waals surface area contributed by atoms with Crippen LogP contribution in [0, 0.1) is 5.92 Å². The van der Waals surface area contributed by atoms with Gasteiger partial charge in [-0.3, -0.25) is 9.59 Å². The summed E-state index contributed by atoms with van der Waals surface area (Å²) < 4.78 is 0. The lowest BCUT2D eigenvalue weighted by molar-refractivity contribution is 0.0927. The third kappa shape index (κ3) is 3.76. The first kappa shape index (κ1) is 16.9. The Kier molecular flexibility index (Phi) is 4.93. The monoisotopic (exact) mass is 335 g/mol. The topological polar surface area (TPSA) is 74.8 Å². The van der Waals surface area contributed by atoms with Crippen molar-refractivity contribution in [2.45, 2.75) is 26.3 Å². The molecule has 0 spiro atoms. The van der Waals surface area contributed by atoms with E-state index in [1.165, 1.54) is 0 Å². The molecule has 2 N–H and O–H groups in total. The second-order valence-electron chi connectivity index (χ2n) is 6.51. The number of nitrogens with one attached hydrogen (secondary N) is 2. The molecule has 3 aromatic rings. The van der Waals surface area contributed by atoms with Crippen molar-refractivity contribution in [1.82, 2.24) is 15.5 Å². The lowest BCUT2D eigenvalue weighted by atomic mass is 9.96. The van der Waals surface area contributed by atoms with E-state index in [0.717, 1.165) is 12.0 Å². The Labute approximate surface area is 146 Å². The summed E-state index contributed by atoms with van der Waals surface area (Å²) in [5.74, 6) is 0.132. The molecule has 0 aliphatic heterocycles. The van der Waals surface area contributed by atoms with Crippen molar-refractivity contribution in [2.75, 3.05) is 0 Å². The van der Waals surface area contributed by atoms with Gasteiger partial charge in [-0.1, -0.05) is 62.4 Å². The van der Waals surface area contributed by atoms with Crippen LogP contribution < -0.4 is 10.9 Å². The Hall–Kier alpha value is -2.95. The van der Waals surface area contributed by atoms with Crippen LogP contribution in [0.1, 0.15) is 42.4 Å². The summed E-state index contributed by atoms with van der Waals surface area (Å²) in [6, 6.07) is 16.8. The number of hydrogen-bond donors (Lipinski definition) is 2. The molecule has 0 radical (unpaired) electrons. The largest absolute Gasteiger partial charge is 0.344 e. The van der Waals surface area contributed by atoms with Crippen LogP contribution >= 0.6 is 0 Å². The number of carbonyl (C=O) groups is 1. The molecule has 5 heteroatoms. The highest BCUT2D eigenvalue weighted by Gasteiger charge is 2.20. The van der Waals surface area contributed by atoms with Crippen molar-refractivity contribution in [3.63, 3.8) is 0 Å². The second-order valence-corrected chi connectivity index (χ2v) is 6.51. The Morgan fingerprint density at radius 1 is 1.04 bits per heavy atom. The molecular weight excluding hydrogens is 314 g/mol. The second kappa shape index (κ2) is 7.30. The van der Waals surface area contributed by atoms with E-state index < -0.39 is 0 Å². The van der Waals surface area contributed by atoms with Crippen LogP contribution in [0.5, 0.6) is 0 Å². The molecule has 0 aliphatic rings. The SMILES string of the molecule is CC(C)C[C@@H](NC(=O)c1n[nH]c(=O)c2ccccc12)c1ccccc1. The molecule has 2 aromatic carbocycles. The molecule has 0 bridgehead atoms. The fraction of sp³-hybridized carbons (Fsp3) is 0.250. The zero-order valence-electron chi connectivity index (χ0n) is 14.3. The summed E-state index contributed by atoms with van der Waals surface area (Å²) in [5.41, 5.74) is 0.993. The molecule has 25 heavy (non-hydrogen) atoms. The van der Waals surface area contributed by atoms with Crippen molar-refractivity contribution in [2.24, 2.45) is 5.92 Å². The molecular formula is C20H21N3O2. The Balaban J connectivity index is 1.95. The van der Waals surface area contributed by atoms with Crippen LogP contribution in [0.2, 0.25) is 0 Å². The van der Waals surface area contributed by atoms with E-state index in [0.29, 0.717) is 16.7 Å². The van der Waals surface area contributed by atoms with Gasteiger partial charge in [0, 0.05) is 5.39 Å². The van der Waals surface area contributed by atoms with E-state index in [-0.39, 0.29) is 23.2 Å². The highest BCUT2D eigenvalue weighted by molar-refractivity contribution is 6.04. The maximum Gasteiger partial charge on any atom is 0.272 e. The number of benzene rings is 2. The smallest absolute Gasteiger partial charge is 0.272 e. The average Bonchev–Trinajstić information content (AvgIpc) is 2.62.